The van der Waals surface area contributed by atoms with Crippen LogP contribution in [0, 0.1) is 0 Å². The monoisotopic (exact) mass is 255 g/mol. The van der Waals surface area contributed by atoms with Crippen LogP contribution in [0.4, 0.5) is 0 Å². The molecule has 1 aromatic rings. The molecule has 96 valence electrons. The molecule has 0 bridgehead atoms. The Hall–Kier alpha value is -0.940. The normalized spacial score (nSPS) is 12.5. The largest absolute Gasteiger partial charge is 0.349 e. The van der Waals surface area contributed by atoms with Crippen LogP contribution in [-0.2, 0) is 11.2 Å². The Morgan fingerprint density at radius 3 is 2.82 bits per heavy atom. The number of hydrogen-bond acceptors (Lipinski definition) is 4. The van der Waals surface area contributed by atoms with Gasteiger partial charge in [-0.05, 0) is 13.3 Å². The Balaban J connectivity index is 2.34. The van der Waals surface area contributed by atoms with Gasteiger partial charge in [0.25, 0.3) is 0 Å². The molecule has 1 atom stereocenters. The first kappa shape index (κ1) is 14.1. The molecule has 1 heterocycles. The Morgan fingerprint density at radius 2 is 2.29 bits per heavy atom. The van der Waals surface area contributed by atoms with Crippen LogP contribution in [0.25, 0.3) is 0 Å². The molecule has 0 aliphatic rings. The lowest BCUT2D eigenvalue weighted by Gasteiger charge is -2.13. The highest BCUT2D eigenvalue weighted by molar-refractivity contribution is 7.11. The molecule has 0 saturated carbocycles. The summed E-state index contributed by atoms with van der Waals surface area (Å²) in [6.07, 6.45) is 3.50. The highest BCUT2D eigenvalue weighted by Crippen LogP contribution is 2.19. The van der Waals surface area contributed by atoms with E-state index in [0.29, 0.717) is 13.0 Å². The quantitative estimate of drug-likeness (QED) is 0.843. The fourth-order valence-corrected chi connectivity index (χ4v) is 2.28. The second-order valence-electron chi connectivity index (χ2n) is 4.23. The second kappa shape index (κ2) is 6.71. The third-order valence-electron chi connectivity index (χ3n) is 2.58. The van der Waals surface area contributed by atoms with Gasteiger partial charge in [0.2, 0.25) is 5.91 Å². The van der Waals surface area contributed by atoms with Gasteiger partial charge >= 0.3 is 0 Å². The number of carbonyl (C=O) groups is 1. The Morgan fingerprint density at radius 1 is 1.59 bits per heavy atom. The first-order valence-electron chi connectivity index (χ1n) is 5.92. The first-order chi connectivity index (χ1) is 8.04. The average molecular weight is 255 g/mol. The molecule has 1 rings (SSSR count). The molecular formula is C12H21N3OS. The minimum absolute atomic E-state index is 0.151. The number of hydrogen-bond donors (Lipinski definition) is 1. The number of amides is 1. The molecule has 0 radical (unpaired) electrons. The standard InChI is InChI=1S/C12H21N3OS/c1-5-10-8-14-12(17-10)9(2)13-7-6-11(16)15(3)4/h8-9,13H,5-7H2,1-4H3. The van der Waals surface area contributed by atoms with E-state index in [2.05, 4.69) is 24.1 Å². The van der Waals surface area contributed by atoms with E-state index in [1.54, 1.807) is 30.3 Å². The topological polar surface area (TPSA) is 45.2 Å². The van der Waals surface area contributed by atoms with Crippen molar-refractivity contribution in [3.63, 3.8) is 0 Å². The van der Waals surface area contributed by atoms with Crippen molar-refractivity contribution in [2.24, 2.45) is 0 Å². The van der Waals surface area contributed by atoms with Gasteiger partial charge in [0, 0.05) is 38.1 Å². The zero-order chi connectivity index (χ0) is 12.8. The van der Waals surface area contributed by atoms with Gasteiger partial charge in [-0.3, -0.25) is 4.79 Å². The van der Waals surface area contributed by atoms with Crippen LogP contribution in [0.3, 0.4) is 0 Å². The highest BCUT2D eigenvalue weighted by Gasteiger charge is 2.10. The van der Waals surface area contributed by atoms with Crippen LogP contribution >= 0.6 is 11.3 Å². The lowest BCUT2D eigenvalue weighted by atomic mass is 10.3. The van der Waals surface area contributed by atoms with E-state index in [4.69, 9.17) is 0 Å². The summed E-state index contributed by atoms with van der Waals surface area (Å²) in [7, 11) is 3.56. The number of rotatable bonds is 6. The van der Waals surface area contributed by atoms with E-state index in [0.717, 1.165) is 11.4 Å². The Bertz CT molecular complexity index is 362. The predicted molar refractivity (Wildman–Crippen MR) is 71.2 cm³/mol. The van der Waals surface area contributed by atoms with Crippen molar-refractivity contribution >= 4 is 17.2 Å². The lowest BCUT2D eigenvalue weighted by Crippen LogP contribution is -2.28. The van der Waals surface area contributed by atoms with Crippen LogP contribution < -0.4 is 5.32 Å². The molecule has 1 aromatic heterocycles. The number of aryl methyl sites for hydroxylation is 1. The fraction of sp³-hybridized carbons (Fsp3) is 0.667. The zero-order valence-electron chi connectivity index (χ0n) is 11.0. The Kier molecular flexibility index (Phi) is 5.58. The van der Waals surface area contributed by atoms with Crippen molar-refractivity contribution in [1.29, 1.82) is 0 Å². The van der Waals surface area contributed by atoms with Crippen molar-refractivity contribution in [2.75, 3.05) is 20.6 Å². The summed E-state index contributed by atoms with van der Waals surface area (Å²) in [5, 5.41) is 4.42. The van der Waals surface area contributed by atoms with Crippen LogP contribution in [0.2, 0.25) is 0 Å². The summed E-state index contributed by atoms with van der Waals surface area (Å²) < 4.78 is 0. The van der Waals surface area contributed by atoms with Crippen molar-refractivity contribution < 1.29 is 4.79 Å². The molecular weight excluding hydrogens is 234 g/mol. The minimum atomic E-state index is 0.151. The number of thiazole rings is 1. The number of carbonyl (C=O) groups excluding carboxylic acids is 1. The molecule has 0 spiro atoms. The smallest absolute Gasteiger partial charge is 0.223 e. The van der Waals surface area contributed by atoms with Crippen molar-refractivity contribution in [3.8, 4) is 0 Å². The average Bonchev–Trinajstić information content (AvgIpc) is 2.77. The summed E-state index contributed by atoms with van der Waals surface area (Å²) in [5.41, 5.74) is 0. The van der Waals surface area contributed by atoms with Gasteiger partial charge in [-0.2, -0.15) is 0 Å². The summed E-state index contributed by atoms with van der Waals surface area (Å²) in [6.45, 7) is 4.91. The zero-order valence-corrected chi connectivity index (χ0v) is 11.8. The molecule has 0 fully saturated rings. The molecule has 5 heteroatoms. The summed E-state index contributed by atoms with van der Waals surface area (Å²) >= 11 is 1.74. The van der Waals surface area contributed by atoms with Gasteiger partial charge in [-0.1, -0.05) is 6.92 Å². The van der Waals surface area contributed by atoms with E-state index < -0.39 is 0 Å². The minimum Gasteiger partial charge on any atom is -0.349 e. The van der Waals surface area contributed by atoms with E-state index in [1.165, 1.54) is 4.88 Å². The first-order valence-corrected chi connectivity index (χ1v) is 6.74. The van der Waals surface area contributed by atoms with Gasteiger partial charge in [0.05, 0.1) is 6.04 Å². The van der Waals surface area contributed by atoms with Gasteiger partial charge < -0.3 is 10.2 Å². The van der Waals surface area contributed by atoms with Crippen LogP contribution in [0.15, 0.2) is 6.20 Å². The van der Waals surface area contributed by atoms with Crippen molar-refractivity contribution in [1.82, 2.24) is 15.2 Å². The van der Waals surface area contributed by atoms with E-state index in [9.17, 15) is 4.79 Å². The van der Waals surface area contributed by atoms with Gasteiger partial charge in [0.15, 0.2) is 0 Å². The van der Waals surface area contributed by atoms with E-state index in [-0.39, 0.29) is 11.9 Å². The number of nitrogens with zero attached hydrogens (tertiary/aromatic N) is 2. The molecule has 17 heavy (non-hydrogen) atoms. The molecule has 0 saturated heterocycles. The third kappa shape index (κ3) is 4.44. The second-order valence-corrected chi connectivity index (χ2v) is 5.38. The predicted octanol–water partition coefficient (Wildman–Crippen LogP) is 1.83. The maximum Gasteiger partial charge on any atom is 0.223 e. The maximum atomic E-state index is 11.4. The van der Waals surface area contributed by atoms with E-state index in [1.807, 2.05) is 6.20 Å². The molecule has 0 aliphatic heterocycles. The molecule has 4 nitrogen and oxygen atoms in total. The van der Waals surface area contributed by atoms with Crippen LogP contribution in [0.5, 0.6) is 0 Å². The fourth-order valence-electron chi connectivity index (χ4n) is 1.39. The summed E-state index contributed by atoms with van der Waals surface area (Å²) in [4.78, 5) is 18.7. The Labute approximate surface area is 107 Å². The molecule has 0 aromatic carbocycles. The van der Waals surface area contributed by atoms with Crippen LogP contribution in [0.1, 0.15) is 36.2 Å². The van der Waals surface area contributed by atoms with Crippen molar-refractivity contribution in [2.45, 2.75) is 32.7 Å². The number of nitrogens with one attached hydrogen (secondary N) is 1. The third-order valence-corrected chi connectivity index (χ3v) is 3.90. The van der Waals surface area contributed by atoms with Gasteiger partial charge in [-0.25, -0.2) is 4.98 Å². The van der Waals surface area contributed by atoms with E-state index >= 15 is 0 Å². The summed E-state index contributed by atoms with van der Waals surface area (Å²) in [5.74, 6) is 0.151. The number of aromatic nitrogens is 1. The van der Waals surface area contributed by atoms with Crippen LogP contribution in [-0.4, -0.2) is 36.4 Å². The molecule has 1 N–H and O–H groups in total. The maximum absolute atomic E-state index is 11.4. The SMILES string of the molecule is CCc1cnc(C(C)NCCC(=O)N(C)C)s1. The van der Waals surface area contributed by atoms with Gasteiger partial charge in [0.1, 0.15) is 5.01 Å². The van der Waals surface area contributed by atoms with Crippen molar-refractivity contribution in [3.05, 3.63) is 16.1 Å². The van der Waals surface area contributed by atoms with Gasteiger partial charge in [-0.15, -0.1) is 11.3 Å². The molecule has 1 unspecified atom stereocenters. The molecule has 0 aliphatic carbocycles. The lowest BCUT2D eigenvalue weighted by molar-refractivity contribution is -0.128. The summed E-state index contributed by atoms with van der Waals surface area (Å²) in [6, 6.07) is 0.218. The highest BCUT2D eigenvalue weighted by atomic mass is 32.1. The molecule has 1 amide bonds.